The van der Waals surface area contributed by atoms with Crippen molar-refractivity contribution < 1.29 is 0 Å². The molecule has 2 aliphatic heterocycles. The fourth-order valence-electron chi connectivity index (χ4n) is 2.01. The van der Waals surface area contributed by atoms with Crippen molar-refractivity contribution in [3.63, 3.8) is 0 Å². The van der Waals surface area contributed by atoms with Gasteiger partial charge in [-0.05, 0) is 19.5 Å². The van der Waals surface area contributed by atoms with Gasteiger partial charge in [0.25, 0.3) is 0 Å². The quantitative estimate of drug-likeness (QED) is 0.767. The van der Waals surface area contributed by atoms with Gasteiger partial charge in [0, 0.05) is 42.1 Å². The highest BCUT2D eigenvalue weighted by atomic mass is 32.2. The fourth-order valence-corrected chi connectivity index (χ4v) is 4.73. The smallest absolute Gasteiger partial charge is 0.0265 e. The van der Waals surface area contributed by atoms with Crippen LogP contribution in [0, 0.1) is 0 Å². The van der Waals surface area contributed by atoms with Crippen molar-refractivity contribution >= 4 is 23.5 Å². The SMILES string of the molecule is C1CNCCN(CC2CSCCS2)C1. The Morgan fingerprint density at radius 1 is 1.21 bits per heavy atom. The van der Waals surface area contributed by atoms with Gasteiger partial charge in [-0.3, -0.25) is 0 Å². The van der Waals surface area contributed by atoms with Gasteiger partial charge in [-0.25, -0.2) is 0 Å². The summed E-state index contributed by atoms with van der Waals surface area (Å²) in [5, 5.41) is 4.36. The standard InChI is InChI=1S/C10H20N2S2/c1-2-11-3-5-12(4-1)8-10-9-13-6-7-14-10/h10-11H,1-9H2. The first-order valence-corrected chi connectivity index (χ1v) is 7.78. The van der Waals surface area contributed by atoms with E-state index in [0.29, 0.717) is 0 Å². The summed E-state index contributed by atoms with van der Waals surface area (Å²) >= 11 is 4.31. The lowest BCUT2D eigenvalue weighted by molar-refractivity contribution is 0.297. The molecule has 0 aromatic rings. The van der Waals surface area contributed by atoms with Crippen molar-refractivity contribution in [3.05, 3.63) is 0 Å². The molecular weight excluding hydrogens is 212 g/mol. The Kier molecular flexibility index (Phi) is 4.97. The first kappa shape index (κ1) is 11.1. The van der Waals surface area contributed by atoms with Crippen LogP contribution in [0.15, 0.2) is 0 Å². The minimum absolute atomic E-state index is 0.895. The number of nitrogens with one attached hydrogen (secondary N) is 1. The van der Waals surface area contributed by atoms with E-state index in [0.717, 1.165) is 5.25 Å². The van der Waals surface area contributed by atoms with Gasteiger partial charge in [0.1, 0.15) is 0 Å². The molecule has 82 valence electrons. The lowest BCUT2D eigenvalue weighted by Crippen LogP contribution is -2.36. The third-order valence-electron chi connectivity index (χ3n) is 2.78. The van der Waals surface area contributed by atoms with Crippen molar-refractivity contribution in [1.29, 1.82) is 0 Å². The second-order valence-corrected chi connectivity index (χ2v) is 6.53. The number of nitrogens with zero attached hydrogens (tertiary/aromatic N) is 1. The van der Waals surface area contributed by atoms with Crippen molar-refractivity contribution in [3.8, 4) is 0 Å². The van der Waals surface area contributed by atoms with Gasteiger partial charge >= 0.3 is 0 Å². The molecule has 14 heavy (non-hydrogen) atoms. The minimum Gasteiger partial charge on any atom is -0.315 e. The Morgan fingerprint density at radius 3 is 3.07 bits per heavy atom. The van der Waals surface area contributed by atoms with Crippen molar-refractivity contribution in [1.82, 2.24) is 10.2 Å². The molecule has 2 fully saturated rings. The summed E-state index contributed by atoms with van der Waals surface area (Å²) in [6.07, 6.45) is 1.32. The van der Waals surface area contributed by atoms with Crippen LogP contribution in [0.1, 0.15) is 6.42 Å². The molecule has 0 amide bonds. The maximum Gasteiger partial charge on any atom is 0.0265 e. The molecular formula is C10H20N2S2. The van der Waals surface area contributed by atoms with Crippen LogP contribution in [0.5, 0.6) is 0 Å². The second kappa shape index (κ2) is 6.26. The fraction of sp³-hybridized carbons (Fsp3) is 1.00. The highest BCUT2D eigenvalue weighted by molar-refractivity contribution is 8.06. The van der Waals surface area contributed by atoms with E-state index in [2.05, 4.69) is 33.7 Å². The lowest BCUT2D eigenvalue weighted by atomic mass is 10.3. The minimum atomic E-state index is 0.895. The molecule has 0 saturated carbocycles. The molecule has 0 spiro atoms. The number of rotatable bonds is 2. The predicted molar refractivity (Wildman–Crippen MR) is 67.5 cm³/mol. The maximum absolute atomic E-state index is 3.46. The van der Waals surface area contributed by atoms with E-state index >= 15 is 0 Å². The van der Waals surface area contributed by atoms with E-state index in [1.165, 1.54) is 56.4 Å². The molecule has 0 aromatic carbocycles. The Hall–Kier alpha value is 0.620. The summed E-state index contributed by atoms with van der Waals surface area (Å²) < 4.78 is 0. The molecule has 0 bridgehead atoms. The van der Waals surface area contributed by atoms with Gasteiger partial charge in [0.15, 0.2) is 0 Å². The molecule has 0 aromatic heterocycles. The van der Waals surface area contributed by atoms with Crippen LogP contribution in [0.25, 0.3) is 0 Å². The van der Waals surface area contributed by atoms with Crippen molar-refractivity contribution in [2.45, 2.75) is 11.7 Å². The van der Waals surface area contributed by atoms with E-state index in [1.54, 1.807) is 0 Å². The first-order chi connectivity index (χ1) is 6.95. The highest BCUT2D eigenvalue weighted by Gasteiger charge is 2.18. The van der Waals surface area contributed by atoms with E-state index < -0.39 is 0 Å². The summed E-state index contributed by atoms with van der Waals surface area (Å²) in [6, 6.07) is 0. The largest absolute Gasteiger partial charge is 0.315 e. The van der Waals surface area contributed by atoms with Crippen LogP contribution in [0.4, 0.5) is 0 Å². The van der Waals surface area contributed by atoms with Crippen LogP contribution >= 0.6 is 23.5 Å². The van der Waals surface area contributed by atoms with Crippen molar-refractivity contribution in [2.24, 2.45) is 0 Å². The summed E-state index contributed by atoms with van der Waals surface area (Å²) in [6.45, 7) is 6.27. The second-order valence-electron chi connectivity index (χ2n) is 3.97. The summed E-state index contributed by atoms with van der Waals surface area (Å²) in [5.41, 5.74) is 0. The molecule has 4 heteroatoms. The zero-order valence-electron chi connectivity index (χ0n) is 8.71. The zero-order chi connectivity index (χ0) is 9.64. The van der Waals surface area contributed by atoms with Crippen LogP contribution in [0.3, 0.4) is 0 Å². The first-order valence-electron chi connectivity index (χ1n) is 5.57. The van der Waals surface area contributed by atoms with Crippen LogP contribution in [-0.4, -0.2) is 60.1 Å². The van der Waals surface area contributed by atoms with Crippen LogP contribution in [-0.2, 0) is 0 Å². The maximum atomic E-state index is 3.46. The number of thioether (sulfide) groups is 2. The average Bonchev–Trinajstić information content (AvgIpc) is 2.48. The third kappa shape index (κ3) is 3.65. The molecule has 1 atom stereocenters. The molecule has 2 nitrogen and oxygen atoms in total. The van der Waals surface area contributed by atoms with Gasteiger partial charge < -0.3 is 10.2 Å². The van der Waals surface area contributed by atoms with Gasteiger partial charge in [-0.1, -0.05) is 0 Å². The van der Waals surface area contributed by atoms with E-state index in [1.807, 2.05) is 0 Å². The molecule has 1 unspecified atom stereocenters. The Balaban J connectivity index is 1.71. The van der Waals surface area contributed by atoms with Crippen molar-refractivity contribution in [2.75, 3.05) is 50.0 Å². The molecule has 2 rings (SSSR count). The molecule has 2 aliphatic rings. The molecule has 2 saturated heterocycles. The Morgan fingerprint density at radius 2 is 2.21 bits per heavy atom. The molecule has 2 heterocycles. The molecule has 0 aliphatic carbocycles. The Bertz CT molecular complexity index is 152. The van der Waals surface area contributed by atoms with Crippen LogP contribution in [0.2, 0.25) is 0 Å². The van der Waals surface area contributed by atoms with Gasteiger partial charge in [0.2, 0.25) is 0 Å². The lowest BCUT2D eigenvalue weighted by Gasteiger charge is -2.27. The van der Waals surface area contributed by atoms with Crippen LogP contribution < -0.4 is 5.32 Å². The zero-order valence-corrected chi connectivity index (χ0v) is 10.3. The van der Waals surface area contributed by atoms with Gasteiger partial charge in [0.05, 0.1) is 0 Å². The summed E-state index contributed by atoms with van der Waals surface area (Å²) in [7, 11) is 0. The third-order valence-corrected chi connectivity index (χ3v) is 5.61. The van der Waals surface area contributed by atoms with Gasteiger partial charge in [-0.2, -0.15) is 23.5 Å². The van der Waals surface area contributed by atoms with E-state index in [4.69, 9.17) is 0 Å². The average molecular weight is 232 g/mol. The highest BCUT2D eigenvalue weighted by Crippen LogP contribution is 2.24. The normalized spacial score (nSPS) is 31.3. The Labute approximate surface area is 95.6 Å². The summed E-state index contributed by atoms with van der Waals surface area (Å²) in [5.74, 6) is 4.10. The number of hydrogen-bond donors (Lipinski definition) is 1. The summed E-state index contributed by atoms with van der Waals surface area (Å²) in [4.78, 5) is 2.64. The molecule has 0 radical (unpaired) electrons. The number of hydrogen-bond acceptors (Lipinski definition) is 4. The van der Waals surface area contributed by atoms with E-state index in [9.17, 15) is 0 Å². The molecule has 1 N–H and O–H groups in total. The van der Waals surface area contributed by atoms with Gasteiger partial charge in [-0.15, -0.1) is 0 Å². The topological polar surface area (TPSA) is 15.3 Å². The monoisotopic (exact) mass is 232 g/mol. The predicted octanol–water partition coefficient (Wildman–Crippen LogP) is 1.13. The van der Waals surface area contributed by atoms with E-state index in [-0.39, 0.29) is 0 Å².